The van der Waals surface area contributed by atoms with Crippen LogP contribution in [0.1, 0.15) is 25.8 Å². The molecule has 2 rings (SSSR count). The van der Waals surface area contributed by atoms with E-state index in [-0.39, 0.29) is 11.2 Å². The molecule has 3 heteroatoms. The number of hydrogen-bond acceptors (Lipinski definition) is 2. The van der Waals surface area contributed by atoms with Crippen molar-refractivity contribution in [2.24, 2.45) is 5.41 Å². The van der Waals surface area contributed by atoms with Crippen molar-refractivity contribution in [3.63, 3.8) is 0 Å². The minimum absolute atomic E-state index is 0.169. The van der Waals surface area contributed by atoms with Gasteiger partial charge in [0.15, 0.2) is 0 Å². The molecule has 1 aliphatic heterocycles. The van der Waals surface area contributed by atoms with Crippen LogP contribution in [0.3, 0.4) is 0 Å². The Kier molecular flexibility index (Phi) is 4.36. The number of nitrogens with one attached hydrogen (secondary N) is 1. The van der Waals surface area contributed by atoms with Gasteiger partial charge in [-0.15, -0.1) is 0 Å². The van der Waals surface area contributed by atoms with Crippen LogP contribution in [-0.2, 0) is 11.2 Å². The first kappa shape index (κ1) is 13.5. The standard InChI is InChI=1S/C15H22FNO/c1-12(2)17-10-15(7-8-18-11-15)9-13-3-5-14(16)6-4-13/h3-6,12,17H,7-11H2,1-2H3. The summed E-state index contributed by atoms with van der Waals surface area (Å²) < 4.78 is 18.5. The molecular weight excluding hydrogens is 229 g/mol. The number of hydrogen-bond donors (Lipinski definition) is 1. The molecule has 0 amide bonds. The van der Waals surface area contributed by atoms with Crippen LogP contribution in [0.4, 0.5) is 4.39 Å². The second-order valence-electron chi connectivity index (χ2n) is 5.64. The molecule has 0 bridgehead atoms. The van der Waals surface area contributed by atoms with Crippen molar-refractivity contribution in [2.45, 2.75) is 32.7 Å². The van der Waals surface area contributed by atoms with E-state index in [9.17, 15) is 4.39 Å². The molecule has 0 aliphatic carbocycles. The second kappa shape index (κ2) is 5.81. The minimum Gasteiger partial charge on any atom is -0.381 e. The van der Waals surface area contributed by atoms with Crippen molar-refractivity contribution in [1.29, 1.82) is 0 Å². The van der Waals surface area contributed by atoms with Crippen molar-refractivity contribution in [3.8, 4) is 0 Å². The molecule has 0 radical (unpaired) electrons. The highest BCUT2D eigenvalue weighted by molar-refractivity contribution is 5.18. The maximum atomic E-state index is 12.9. The maximum absolute atomic E-state index is 12.9. The Morgan fingerprint density at radius 1 is 1.33 bits per heavy atom. The van der Waals surface area contributed by atoms with Gasteiger partial charge >= 0.3 is 0 Å². The van der Waals surface area contributed by atoms with E-state index in [0.717, 1.165) is 32.6 Å². The lowest BCUT2D eigenvalue weighted by Crippen LogP contribution is -2.39. The van der Waals surface area contributed by atoms with Gasteiger partial charge in [0.2, 0.25) is 0 Å². The molecule has 0 aromatic heterocycles. The molecule has 1 fully saturated rings. The van der Waals surface area contributed by atoms with Crippen LogP contribution in [0.25, 0.3) is 0 Å². The monoisotopic (exact) mass is 251 g/mol. The molecule has 1 heterocycles. The van der Waals surface area contributed by atoms with E-state index < -0.39 is 0 Å². The van der Waals surface area contributed by atoms with Crippen LogP contribution < -0.4 is 5.32 Å². The van der Waals surface area contributed by atoms with Crippen LogP contribution in [-0.4, -0.2) is 25.8 Å². The molecule has 1 aromatic rings. The average molecular weight is 251 g/mol. The lowest BCUT2D eigenvalue weighted by atomic mass is 9.80. The summed E-state index contributed by atoms with van der Waals surface area (Å²) in [5, 5.41) is 3.51. The fourth-order valence-electron chi connectivity index (χ4n) is 2.45. The SMILES string of the molecule is CC(C)NCC1(Cc2ccc(F)cc2)CCOC1. The number of rotatable bonds is 5. The topological polar surface area (TPSA) is 21.3 Å². The highest BCUT2D eigenvalue weighted by atomic mass is 19.1. The third-order valence-electron chi connectivity index (χ3n) is 3.56. The van der Waals surface area contributed by atoms with E-state index in [1.54, 1.807) is 0 Å². The summed E-state index contributed by atoms with van der Waals surface area (Å²) in [7, 11) is 0. The smallest absolute Gasteiger partial charge is 0.123 e. The fourth-order valence-corrected chi connectivity index (χ4v) is 2.45. The van der Waals surface area contributed by atoms with E-state index in [4.69, 9.17) is 4.74 Å². The van der Waals surface area contributed by atoms with Crippen LogP contribution >= 0.6 is 0 Å². The molecule has 18 heavy (non-hydrogen) atoms. The number of ether oxygens (including phenoxy) is 1. The molecule has 100 valence electrons. The minimum atomic E-state index is -0.171. The Bertz CT molecular complexity index is 369. The third-order valence-corrected chi connectivity index (χ3v) is 3.56. The fraction of sp³-hybridized carbons (Fsp3) is 0.600. The summed E-state index contributed by atoms with van der Waals surface area (Å²) in [6, 6.07) is 7.31. The van der Waals surface area contributed by atoms with Gasteiger partial charge in [0.05, 0.1) is 6.61 Å². The van der Waals surface area contributed by atoms with Gasteiger partial charge in [0.25, 0.3) is 0 Å². The second-order valence-corrected chi connectivity index (χ2v) is 5.64. The largest absolute Gasteiger partial charge is 0.381 e. The Morgan fingerprint density at radius 2 is 2.06 bits per heavy atom. The molecule has 1 aromatic carbocycles. The van der Waals surface area contributed by atoms with E-state index in [2.05, 4.69) is 19.2 Å². The summed E-state index contributed by atoms with van der Waals surface area (Å²) in [6.07, 6.45) is 2.02. The van der Waals surface area contributed by atoms with Crippen molar-refractivity contribution in [2.75, 3.05) is 19.8 Å². The molecule has 0 saturated carbocycles. The highest BCUT2D eigenvalue weighted by Gasteiger charge is 2.34. The quantitative estimate of drug-likeness (QED) is 0.869. The zero-order valence-corrected chi connectivity index (χ0v) is 11.2. The van der Waals surface area contributed by atoms with Gasteiger partial charge in [-0.1, -0.05) is 26.0 Å². The Labute approximate surface area is 109 Å². The first-order valence-corrected chi connectivity index (χ1v) is 6.65. The summed E-state index contributed by atoms with van der Waals surface area (Å²) in [5.74, 6) is -0.171. The molecule has 0 spiro atoms. The molecule has 1 unspecified atom stereocenters. The Morgan fingerprint density at radius 3 is 2.61 bits per heavy atom. The lowest BCUT2D eigenvalue weighted by molar-refractivity contribution is 0.148. The first-order chi connectivity index (χ1) is 8.60. The first-order valence-electron chi connectivity index (χ1n) is 6.65. The zero-order chi connectivity index (χ0) is 13.0. The van der Waals surface area contributed by atoms with Crippen LogP contribution in [0.15, 0.2) is 24.3 Å². The van der Waals surface area contributed by atoms with Gasteiger partial charge in [-0.3, -0.25) is 0 Å². The van der Waals surface area contributed by atoms with E-state index in [1.807, 2.05) is 12.1 Å². The normalized spacial score (nSPS) is 23.8. The third kappa shape index (κ3) is 3.53. The average Bonchev–Trinajstić information content (AvgIpc) is 2.79. The van der Waals surface area contributed by atoms with Gasteiger partial charge in [0, 0.05) is 24.6 Å². The van der Waals surface area contributed by atoms with Crippen LogP contribution in [0.5, 0.6) is 0 Å². The van der Waals surface area contributed by atoms with Gasteiger partial charge in [-0.05, 0) is 30.5 Å². The van der Waals surface area contributed by atoms with Crippen molar-refractivity contribution in [1.82, 2.24) is 5.32 Å². The number of halogens is 1. The summed E-state index contributed by atoms with van der Waals surface area (Å²) in [5.41, 5.74) is 1.36. The summed E-state index contributed by atoms with van der Waals surface area (Å²) in [4.78, 5) is 0. The molecule has 1 atom stereocenters. The van der Waals surface area contributed by atoms with Crippen LogP contribution in [0.2, 0.25) is 0 Å². The zero-order valence-electron chi connectivity index (χ0n) is 11.2. The van der Waals surface area contributed by atoms with Crippen molar-refractivity contribution >= 4 is 0 Å². The van der Waals surface area contributed by atoms with Crippen molar-refractivity contribution < 1.29 is 9.13 Å². The molecule has 1 aliphatic rings. The molecule has 1 N–H and O–H groups in total. The van der Waals surface area contributed by atoms with E-state index >= 15 is 0 Å². The summed E-state index contributed by atoms with van der Waals surface area (Å²) in [6.45, 7) is 6.90. The Hall–Kier alpha value is -0.930. The lowest BCUT2D eigenvalue weighted by Gasteiger charge is -2.29. The maximum Gasteiger partial charge on any atom is 0.123 e. The van der Waals surface area contributed by atoms with Crippen molar-refractivity contribution in [3.05, 3.63) is 35.6 Å². The number of benzene rings is 1. The van der Waals surface area contributed by atoms with Gasteiger partial charge < -0.3 is 10.1 Å². The van der Waals surface area contributed by atoms with Gasteiger partial charge in [-0.25, -0.2) is 4.39 Å². The summed E-state index contributed by atoms with van der Waals surface area (Å²) >= 11 is 0. The predicted octanol–water partition coefficient (Wildman–Crippen LogP) is 2.77. The highest BCUT2D eigenvalue weighted by Crippen LogP contribution is 2.32. The molecule has 2 nitrogen and oxygen atoms in total. The van der Waals surface area contributed by atoms with E-state index in [1.165, 1.54) is 17.7 Å². The van der Waals surface area contributed by atoms with Gasteiger partial charge in [-0.2, -0.15) is 0 Å². The molecule has 1 saturated heterocycles. The van der Waals surface area contributed by atoms with Crippen LogP contribution in [0, 0.1) is 11.2 Å². The Balaban J connectivity index is 2.03. The predicted molar refractivity (Wildman–Crippen MR) is 71.1 cm³/mol. The van der Waals surface area contributed by atoms with Gasteiger partial charge in [0.1, 0.15) is 5.82 Å². The molecular formula is C15H22FNO. The van der Waals surface area contributed by atoms with E-state index in [0.29, 0.717) is 6.04 Å².